The van der Waals surface area contributed by atoms with Gasteiger partial charge in [0.25, 0.3) is 0 Å². The van der Waals surface area contributed by atoms with Crippen molar-refractivity contribution in [2.24, 2.45) is 0 Å². The normalized spacial score (nSPS) is 10.3. The summed E-state index contributed by atoms with van der Waals surface area (Å²) in [6, 6.07) is 11.0. The highest BCUT2D eigenvalue weighted by atomic mass is 16.5. The lowest BCUT2D eigenvalue weighted by Gasteiger charge is -2.08. The SMILES string of the molecule is COc1ccc(CCNC(=O)Nc2ccc(-n3cnnc3)nc2)cc1. The lowest BCUT2D eigenvalue weighted by molar-refractivity contribution is 0.252. The molecule has 0 atom stereocenters. The lowest BCUT2D eigenvalue weighted by Crippen LogP contribution is -2.30. The summed E-state index contributed by atoms with van der Waals surface area (Å²) < 4.78 is 6.80. The molecule has 0 aliphatic carbocycles. The van der Waals surface area contributed by atoms with E-state index in [4.69, 9.17) is 4.74 Å². The fourth-order valence-electron chi connectivity index (χ4n) is 2.22. The zero-order valence-corrected chi connectivity index (χ0v) is 13.7. The van der Waals surface area contributed by atoms with Crippen LogP contribution in [0, 0.1) is 0 Å². The minimum Gasteiger partial charge on any atom is -0.497 e. The third kappa shape index (κ3) is 4.54. The number of amides is 2. The van der Waals surface area contributed by atoms with Crippen LogP contribution in [0.25, 0.3) is 5.82 Å². The van der Waals surface area contributed by atoms with E-state index in [0.717, 1.165) is 17.7 Å². The van der Waals surface area contributed by atoms with Crippen LogP contribution in [0.3, 0.4) is 0 Å². The van der Waals surface area contributed by atoms with Crippen LogP contribution in [0.5, 0.6) is 5.75 Å². The molecule has 0 radical (unpaired) electrons. The van der Waals surface area contributed by atoms with E-state index in [9.17, 15) is 4.79 Å². The highest BCUT2D eigenvalue weighted by Crippen LogP contribution is 2.11. The number of nitrogens with zero attached hydrogens (tertiary/aromatic N) is 4. The van der Waals surface area contributed by atoms with Crippen LogP contribution in [0.2, 0.25) is 0 Å². The van der Waals surface area contributed by atoms with Crippen LogP contribution >= 0.6 is 0 Å². The molecular weight excluding hydrogens is 320 g/mol. The summed E-state index contributed by atoms with van der Waals surface area (Å²) in [7, 11) is 1.63. The molecule has 0 saturated heterocycles. The molecule has 0 saturated carbocycles. The summed E-state index contributed by atoms with van der Waals surface area (Å²) in [5.74, 6) is 1.49. The Labute approximate surface area is 144 Å². The van der Waals surface area contributed by atoms with E-state index in [0.29, 0.717) is 18.1 Å². The molecule has 2 heterocycles. The molecule has 0 spiro atoms. The van der Waals surface area contributed by atoms with E-state index >= 15 is 0 Å². The van der Waals surface area contributed by atoms with Crippen molar-refractivity contribution in [1.29, 1.82) is 0 Å². The van der Waals surface area contributed by atoms with Gasteiger partial charge in [0, 0.05) is 6.54 Å². The molecule has 8 heteroatoms. The van der Waals surface area contributed by atoms with E-state index in [1.54, 1.807) is 42.7 Å². The largest absolute Gasteiger partial charge is 0.497 e. The van der Waals surface area contributed by atoms with Gasteiger partial charge in [-0.15, -0.1) is 10.2 Å². The van der Waals surface area contributed by atoms with Crippen molar-refractivity contribution < 1.29 is 9.53 Å². The van der Waals surface area contributed by atoms with Gasteiger partial charge in [-0.2, -0.15) is 0 Å². The Balaban J connectivity index is 1.45. The molecule has 2 amide bonds. The Morgan fingerprint density at radius 3 is 2.52 bits per heavy atom. The quantitative estimate of drug-likeness (QED) is 0.717. The van der Waals surface area contributed by atoms with E-state index in [1.807, 2.05) is 24.3 Å². The number of rotatable bonds is 6. The molecule has 0 fully saturated rings. The third-order valence-electron chi connectivity index (χ3n) is 3.55. The highest BCUT2D eigenvalue weighted by Gasteiger charge is 2.03. The summed E-state index contributed by atoms with van der Waals surface area (Å²) >= 11 is 0. The number of carbonyl (C=O) groups excluding carboxylic acids is 1. The number of hydrogen-bond acceptors (Lipinski definition) is 5. The molecular formula is C17H18N6O2. The Morgan fingerprint density at radius 2 is 1.88 bits per heavy atom. The number of aromatic nitrogens is 4. The molecule has 2 N–H and O–H groups in total. The van der Waals surface area contributed by atoms with Crippen molar-refractivity contribution in [3.63, 3.8) is 0 Å². The molecule has 128 valence electrons. The van der Waals surface area contributed by atoms with Crippen LogP contribution < -0.4 is 15.4 Å². The van der Waals surface area contributed by atoms with Gasteiger partial charge in [-0.1, -0.05) is 12.1 Å². The first-order valence-electron chi connectivity index (χ1n) is 7.73. The Morgan fingerprint density at radius 1 is 1.12 bits per heavy atom. The number of pyridine rings is 1. The summed E-state index contributed by atoms with van der Waals surface area (Å²) in [5, 5.41) is 13.0. The van der Waals surface area contributed by atoms with Gasteiger partial charge < -0.3 is 15.4 Å². The molecule has 3 aromatic rings. The van der Waals surface area contributed by atoms with Crippen LogP contribution in [0.1, 0.15) is 5.56 Å². The van der Waals surface area contributed by atoms with E-state index < -0.39 is 0 Å². The van der Waals surface area contributed by atoms with Gasteiger partial charge in [0.1, 0.15) is 24.2 Å². The molecule has 0 bridgehead atoms. The van der Waals surface area contributed by atoms with E-state index in [2.05, 4.69) is 25.8 Å². The number of ether oxygens (including phenoxy) is 1. The molecule has 0 unspecified atom stereocenters. The fraction of sp³-hybridized carbons (Fsp3) is 0.176. The van der Waals surface area contributed by atoms with Crippen molar-refractivity contribution >= 4 is 11.7 Å². The van der Waals surface area contributed by atoms with Crippen molar-refractivity contribution in [2.75, 3.05) is 19.0 Å². The van der Waals surface area contributed by atoms with Crippen LogP contribution in [-0.4, -0.2) is 39.4 Å². The lowest BCUT2D eigenvalue weighted by atomic mass is 10.1. The topological polar surface area (TPSA) is 94.0 Å². The first-order valence-corrected chi connectivity index (χ1v) is 7.73. The molecule has 2 aromatic heterocycles. The number of methoxy groups -OCH3 is 1. The van der Waals surface area contributed by atoms with Crippen LogP contribution in [0.15, 0.2) is 55.2 Å². The summed E-state index contributed by atoms with van der Waals surface area (Å²) in [4.78, 5) is 16.2. The minimum atomic E-state index is -0.271. The predicted octanol–water partition coefficient (Wildman–Crippen LogP) is 2.04. The van der Waals surface area contributed by atoms with Gasteiger partial charge in [0.05, 0.1) is 19.0 Å². The average molecular weight is 338 g/mol. The smallest absolute Gasteiger partial charge is 0.319 e. The Bertz CT molecular complexity index is 800. The van der Waals surface area contributed by atoms with Crippen molar-refractivity contribution in [3.05, 3.63) is 60.8 Å². The number of hydrogen-bond donors (Lipinski definition) is 2. The molecule has 0 aliphatic heterocycles. The number of urea groups is 1. The van der Waals surface area contributed by atoms with Crippen molar-refractivity contribution in [1.82, 2.24) is 25.1 Å². The summed E-state index contributed by atoms with van der Waals surface area (Å²) in [6.07, 6.45) is 5.43. The van der Waals surface area contributed by atoms with Gasteiger partial charge in [-0.05, 0) is 36.2 Å². The maximum Gasteiger partial charge on any atom is 0.319 e. The maximum absolute atomic E-state index is 11.9. The number of carbonyl (C=O) groups is 1. The molecule has 1 aromatic carbocycles. The first-order chi connectivity index (χ1) is 12.2. The average Bonchev–Trinajstić information content (AvgIpc) is 3.18. The van der Waals surface area contributed by atoms with Gasteiger partial charge >= 0.3 is 6.03 Å². The van der Waals surface area contributed by atoms with Gasteiger partial charge in [0.15, 0.2) is 0 Å². The zero-order chi connectivity index (χ0) is 17.5. The maximum atomic E-state index is 11.9. The van der Waals surface area contributed by atoms with Crippen LogP contribution in [-0.2, 0) is 6.42 Å². The predicted molar refractivity (Wildman–Crippen MR) is 92.9 cm³/mol. The standard InChI is InChI=1S/C17H18N6O2/c1-25-15-5-2-13(3-6-15)8-9-18-17(24)22-14-4-7-16(19-10-14)23-11-20-21-12-23/h2-7,10-12H,8-9H2,1H3,(H2,18,22,24). The fourth-order valence-corrected chi connectivity index (χ4v) is 2.22. The van der Waals surface area contributed by atoms with Crippen molar-refractivity contribution in [3.8, 4) is 11.6 Å². The molecule has 3 rings (SSSR count). The van der Waals surface area contributed by atoms with E-state index in [1.165, 1.54) is 0 Å². The van der Waals surface area contributed by atoms with Gasteiger partial charge in [-0.25, -0.2) is 9.78 Å². The Hall–Kier alpha value is -3.42. The van der Waals surface area contributed by atoms with Crippen LogP contribution in [0.4, 0.5) is 10.5 Å². The number of anilines is 1. The van der Waals surface area contributed by atoms with Gasteiger partial charge in [0.2, 0.25) is 0 Å². The summed E-state index contributed by atoms with van der Waals surface area (Å²) in [5.41, 5.74) is 1.74. The van der Waals surface area contributed by atoms with E-state index in [-0.39, 0.29) is 6.03 Å². The minimum absolute atomic E-state index is 0.271. The second kappa shape index (κ2) is 7.91. The van der Waals surface area contributed by atoms with Crippen molar-refractivity contribution in [2.45, 2.75) is 6.42 Å². The number of benzene rings is 1. The molecule has 25 heavy (non-hydrogen) atoms. The number of nitrogens with one attached hydrogen (secondary N) is 2. The second-order valence-electron chi connectivity index (χ2n) is 5.25. The monoisotopic (exact) mass is 338 g/mol. The van der Waals surface area contributed by atoms with Gasteiger partial charge in [-0.3, -0.25) is 4.57 Å². The highest BCUT2D eigenvalue weighted by molar-refractivity contribution is 5.89. The third-order valence-corrected chi connectivity index (χ3v) is 3.55. The Kier molecular flexibility index (Phi) is 5.20. The summed E-state index contributed by atoms with van der Waals surface area (Å²) in [6.45, 7) is 0.532. The first kappa shape index (κ1) is 16.4. The zero-order valence-electron chi connectivity index (χ0n) is 13.7. The molecule has 0 aliphatic rings. The second-order valence-corrected chi connectivity index (χ2v) is 5.25. The molecule has 8 nitrogen and oxygen atoms in total.